The monoisotopic (exact) mass is 322 g/mol. The Kier molecular flexibility index (Phi) is 4.11. The Morgan fingerprint density at radius 2 is 1.88 bits per heavy atom. The fraction of sp³-hybridized carbons (Fsp3) is 0.0556. The summed E-state index contributed by atoms with van der Waals surface area (Å²) in [7, 11) is 0. The first-order chi connectivity index (χ1) is 11.5. The van der Waals surface area contributed by atoms with Gasteiger partial charge in [-0.1, -0.05) is 12.1 Å². The lowest BCUT2D eigenvalue weighted by Gasteiger charge is -2.01. The van der Waals surface area contributed by atoms with Crippen LogP contribution in [0.2, 0.25) is 0 Å². The van der Waals surface area contributed by atoms with Gasteiger partial charge in [0.05, 0.1) is 5.56 Å². The number of hydrogen-bond acceptors (Lipinski definition) is 4. The lowest BCUT2D eigenvalue weighted by atomic mass is 10.2. The fourth-order valence-electron chi connectivity index (χ4n) is 2.20. The molecule has 0 aliphatic rings. The first-order valence-corrected chi connectivity index (χ1v) is 7.21. The highest BCUT2D eigenvalue weighted by molar-refractivity contribution is 5.92. The summed E-state index contributed by atoms with van der Waals surface area (Å²) in [5.41, 5.74) is 2.82. The van der Waals surface area contributed by atoms with Crippen molar-refractivity contribution in [2.24, 2.45) is 0 Å². The highest BCUT2D eigenvalue weighted by Crippen LogP contribution is 2.19. The van der Waals surface area contributed by atoms with Gasteiger partial charge in [-0.25, -0.2) is 9.78 Å². The van der Waals surface area contributed by atoms with E-state index >= 15 is 0 Å². The second-order valence-corrected chi connectivity index (χ2v) is 5.18. The van der Waals surface area contributed by atoms with Crippen LogP contribution in [0.3, 0.4) is 0 Å². The fourth-order valence-corrected chi connectivity index (χ4v) is 2.20. The van der Waals surface area contributed by atoms with Gasteiger partial charge in [0, 0.05) is 18.7 Å². The van der Waals surface area contributed by atoms with Gasteiger partial charge < -0.3 is 14.8 Å². The van der Waals surface area contributed by atoms with Crippen molar-refractivity contribution in [1.82, 2.24) is 4.98 Å². The molecule has 0 saturated heterocycles. The average Bonchev–Trinajstić information content (AvgIpc) is 2.95. The highest BCUT2D eigenvalue weighted by atomic mass is 16.4. The van der Waals surface area contributed by atoms with Crippen LogP contribution in [0, 0.1) is 0 Å². The Hall–Kier alpha value is -3.41. The number of aromatic nitrogens is 1. The second kappa shape index (κ2) is 6.37. The van der Waals surface area contributed by atoms with Crippen molar-refractivity contribution in [2.45, 2.75) is 6.92 Å². The lowest BCUT2D eigenvalue weighted by molar-refractivity contribution is -0.114. The zero-order valence-electron chi connectivity index (χ0n) is 12.8. The third-order valence-corrected chi connectivity index (χ3v) is 3.30. The predicted molar refractivity (Wildman–Crippen MR) is 90.6 cm³/mol. The van der Waals surface area contributed by atoms with Crippen LogP contribution >= 0.6 is 0 Å². The smallest absolute Gasteiger partial charge is 0.335 e. The summed E-state index contributed by atoms with van der Waals surface area (Å²) in [4.78, 5) is 26.2. The summed E-state index contributed by atoms with van der Waals surface area (Å²) in [6, 6.07) is 11.9. The van der Waals surface area contributed by atoms with Crippen molar-refractivity contribution >= 4 is 40.8 Å². The summed E-state index contributed by atoms with van der Waals surface area (Å²) in [5, 5.41) is 11.7. The van der Waals surface area contributed by atoms with E-state index in [1.807, 2.05) is 18.2 Å². The van der Waals surface area contributed by atoms with Crippen LogP contribution in [0.1, 0.15) is 28.7 Å². The molecule has 3 aromatic rings. The minimum absolute atomic E-state index is 0.120. The Bertz CT molecular complexity index is 939. The summed E-state index contributed by atoms with van der Waals surface area (Å²) in [5.74, 6) is -0.742. The molecule has 1 aromatic heterocycles. The van der Waals surface area contributed by atoms with E-state index in [9.17, 15) is 9.59 Å². The van der Waals surface area contributed by atoms with Gasteiger partial charge in [0.15, 0.2) is 5.58 Å². The SMILES string of the molecule is CC(=O)Nc1ccc(C=Cc2nc3ccc(C(=O)O)cc3o2)cc1. The molecule has 6 nitrogen and oxygen atoms in total. The van der Waals surface area contributed by atoms with Crippen LogP contribution in [-0.2, 0) is 4.79 Å². The van der Waals surface area contributed by atoms with E-state index in [0.717, 1.165) is 11.3 Å². The molecule has 2 aromatic carbocycles. The number of carboxylic acids is 1. The number of fused-ring (bicyclic) bond motifs is 1. The molecule has 0 spiro atoms. The summed E-state index contributed by atoms with van der Waals surface area (Å²) < 4.78 is 5.54. The molecule has 2 N–H and O–H groups in total. The Balaban J connectivity index is 1.79. The van der Waals surface area contributed by atoms with Crippen LogP contribution in [0.15, 0.2) is 46.9 Å². The van der Waals surface area contributed by atoms with Crippen molar-refractivity contribution in [3.05, 3.63) is 59.5 Å². The number of carbonyl (C=O) groups excluding carboxylic acids is 1. The number of nitrogens with zero attached hydrogens (tertiary/aromatic N) is 1. The molecular formula is C18H14N2O4. The van der Waals surface area contributed by atoms with Crippen molar-refractivity contribution in [3.8, 4) is 0 Å². The number of aromatic carboxylic acids is 1. The van der Waals surface area contributed by atoms with Crippen LogP contribution in [0.4, 0.5) is 5.69 Å². The molecule has 0 fully saturated rings. The summed E-state index contributed by atoms with van der Waals surface area (Å²) >= 11 is 0. The molecule has 1 amide bonds. The third kappa shape index (κ3) is 3.49. The van der Waals surface area contributed by atoms with Crippen LogP contribution in [0.25, 0.3) is 23.3 Å². The van der Waals surface area contributed by atoms with E-state index < -0.39 is 5.97 Å². The maximum Gasteiger partial charge on any atom is 0.335 e. The molecule has 0 radical (unpaired) electrons. The summed E-state index contributed by atoms with van der Waals surface area (Å²) in [6.07, 6.45) is 3.52. The molecule has 24 heavy (non-hydrogen) atoms. The van der Waals surface area contributed by atoms with E-state index in [2.05, 4.69) is 10.3 Å². The normalized spacial score (nSPS) is 11.0. The van der Waals surface area contributed by atoms with Crippen LogP contribution in [-0.4, -0.2) is 22.0 Å². The predicted octanol–water partition coefficient (Wildman–Crippen LogP) is 3.65. The van der Waals surface area contributed by atoms with Gasteiger partial charge in [-0.2, -0.15) is 0 Å². The standard InChI is InChI=1S/C18H14N2O4/c1-11(21)19-14-6-2-12(3-7-14)4-9-17-20-15-8-5-13(18(22)23)10-16(15)24-17/h2-10H,1H3,(H,19,21)(H,22,23). The quantitative estimate of drug-likeness (QED) is 0.765. The van der Waals surface area contributed by atoms with Crippen molar-refractivity contribution in [3.63, 3.8) is 0 Å². The maximum absolute atomic E-state index is 11.0. The number of rotatable bonds is 4. The van der Waals surface area contributed by atoms with Gasteiger partial charge in [-0.05, 0) is 42.0 Å². The van der Waals surface area contributed by atoms with Crippen LogP contribution < -0.4 is 5.32 Å². The topological polar surface area (TPSA) is 92.4 Å². The van der Waals surface area contributed by atoms with Gasteiger partial charge >= 0.3 is 5.97 Å². The second-order valence-electron chi connectivity index (χ2n) is 5.18. The van der Waals surface area contributed by atoms with E-state index in [-0.39, 0.29) is 11.5 Å². The van der Waals surface area contributed by atoms with Gasteiger partial charge in [0.2, 0.25) is 11.8 Å². The number of carbonyl (C=O) groups is 2. The summed E-state index contributed by atoms with van der Waals surface area (Å²) in [6.45, 7) is 1.46. The van der Waals surface area contributed by atoms with Crippen molar-refractivity contribution in [1.29, 1.82) is 0 Å². The highest BCUT2D eigenvalue weighted by Gasteiger charge is 2.08. The molecule has 0 saturated carbocycles. The number of hydrogen-bond donors (Lipinski definition) is 2. The van der Waals surface area contributed by atoms with Gasteiger partial charge in [0.1, 0.15) is 5.52 Å². The largest absolute Gasteiger partial charge is 0.478 e. The number of anilines is 1. The van der Waals surface area contributed by atoms with Crippen LogP contribution in [0.5, 0.6) is 0 Å². The van der Waals surface area contributed by atoms with E-state index in [1.54, 1.807) is 24.3 Å². The molecule has 1 heterocycles. The molecule has 6 heteroatoms. The van der Waals surface area contributed by atoms with E-state index in [0.29, 0.717) is 17.0 Å². The number of nitrogens with one attached hydrogen (secondary N) is 1. The molecular weight excluding hydrogens is 308 g/mol. The molecule has 3 rings (SSSR count). The number of amides is 1. The first-order valence-electron chi connectivity index (χ1n) is 7.21. The molecule has 0 bridgehead atoms. The zero-order chi connectivity index (χ0) is 17.1. The van der Waals surface area contributed by atoms with Gasteiger partial charge in [0.25, 0.3) is 0 Å². The zero-order valence-corrected chi connectivity index (χ0v) is 12.8. The molecule has 120 valence electrons. The number of benzene rings is 2. The lowest BCUT2D eigenvalue weighted by Crippen LogP contribution is -2.05. The van der Waals surface area contributed by atoms with Gasteiger partial charge in [-0.15, -0.1) is 0 Å². The van der Waals surface area contributed by atoms with E-state index in [4.69, 9.17) is 9.52 Å². The molecule has 0 aliphatic heterocycles. The number of carboxylic acid groups (broad SMARTS) is 1. The average molecular weight is 322 g/mol. The maximum atomic E-state index is 11.0. The van der Waals surface area contributed by atoms with Crippen molar-refractivity contribution in [2.75, 3.05) is 5.32 Å². The third-order valence-electron chi connectivity index (χ3n) is 3.30. The molecule has 0 unspecified atom stereocenters. The minimum atomic E-state index is -1.01. The number of oxazole rings is 1. The molecule has 0 aliphatic carbocycles. The van der Waals surface area contributed by atoms with Gasteiger partial charge in [-0.3, -0.25) is 4.79 Å². The minimum Gasteiger partial charge on any atom is -0.478 e. The first kappa shape index (κ1) is 15.5. The van der Waals surface area contributed by atoms with E-state index in [1.165, 1.54) is 19.1 Å². The Morgan fingerprint density at radius 1 is 1.12 bits per heavy atom. The molecule has 0 atom stereocenters. The Morgan fingerprint density at radius 3 is 2.54 bits per heavy atom. The van der Waals surface area contributed by atoms with Crippen molar-refractivity contribution < 1.29 is 19.1 Å². The Labute approximate surface area is 137 Å².